The highest BCUT2D eigenvalue weighted by atomic mass is 16.5. The van der Waals surface area contributed by atoms with E-state index >= 15 is 0 Å². The number of pyridine rings is 1. The molecular weight excluding hydrogens is 370 g/mol. The first kappa shape index (κ1) is 18.4. The van der Waals surface area contributed by atoms with E-state index in [0.717, 1.165) is 5.56 Å². The van der Waals surface area contributed by atoms with E-state index in [1.54, 1.807) is 12.1 Å². The van der Waals surface area contributed by atoms with Crippen molar-refractivity contribution in [3.8, 4) is 11.3 Å². The minimum Gasteiger partial charge on any atom is -0.463 e. The molecule has 2 aromatic carbocycles. The van der Waals surface area contributed by atoms with E-state index in [0.29, 0.717) is 27.9 Å². The van der Waals surface area contributed by atoms with Crippen molar-refractivity contribution in [2.45, 2.75) is 6.61 Å². The lowest BCUT2D eigenvalue weighted by Crippen LogP contribution is -2.07. The number of methoxy groups -OCH3 is 1. The number of furan rings is 1. The Hall–Kier alpha value is -3.93. The van der Waals surface area contributed by atoms with Gasteiger partial charge in [0.05, 0.1) is 23.9 Å². The van der Waals surface area contributed by atoms with Crippen LogP contribution >= 0.6 is 0 Å². The van der Waals surface area contributed by atoms with Crippen LogP contribution in [0.3, 0.4) is 0 Å². The standard InChI is InChI=1S/C23H17NO5/c1-27-23(26)21-12-11-16(29-21)14-28-22(25)18-13-20(15-7-3-2-4-8-15)24-19-10-6-5-9-17(18)19/h2-13H,14H2,1H3. The summed E-state index contributed by atoms with van der Waals surface area (Å²) in [5.41, 5.74) is 2.70. The van der Waals surface area contributed by atoms with Gasteiger partial charge in [-0.15, -0.1) is 0 Å². The Morgan fingerprint density at radius 3 is 2.48 bits per heavy atom. The van der Waals surface area contributed by atoms with Crippen LogP contribution in [0, 0.1) is 0 Å². The fourth-order valence-electron chi connectivity index (χ4n) is 2.98. The Balaban J connectivity index is 1.63. The maximum absolute atomic E-state index is 12.8. The first-order valence-electron chi connectivity index (χ1n) is 8.95. The number of benzene rings is 2. The molecule has 29 heavy (non-hydrogen) atoms. The summed E-state index contributed by atoms with van der Waals surface area (Å²) in [5.74, 6) is -0.688. The molecule has 0 fully saturated rings. The fraction of sp³-hybridized carbons (Fsp3) is 0.0870. The highest BCUT2D eigenvalue weighted by Gasteiger charge is 2.17. The molecule has 0 unspecified atom stereocenters. The predicted molar refractivity (Wildman–Crippen MR) is 106 cm³/mol. The molecule has 0 radical (unpaired) electrons. The Morgan fingerprint density at radius 2 is 1.69 bits per heavy atom. The average Bonchev–Trinajstić information content (AvgIpc) is 3.26. The Bertz CT molecular complexity index is 1180. The molecule has 6 heteroatoms. The van der Waals surface area contributed by atoms with Crippen molar-refractivity contribution in [2.75, 3.05) is 7.11 Å². The van der Waals surface area contributed by atoms with E-state index in [1.807, 2.05) is 54.6 Å². The number of esters is 2. The first-order valence-corrected chi connectivity index (χ1v) is 8.95. The number of para-hydroxylation sites is 1. The molecular formula is C23H17NO5. The quantitative estimate of drug-likeness (QED) is 0.464. The van der Waals surface area contributed by atoms with Crippen LogP contribution in [0.2, 0.25) is 0 Å². The summed E-state index contributed by atoms with van der Waals surface area (Å²) in [4.78, 5) is 29.0. The highest BCUT2D eigenvalue weighted by molar-refractivity contribution is 6.04. The fourth-order valence-corrected chi connectivity index (χ4v) is 2.98. The number of nitrogens with zero attached hydrogens (tertiary/aromatic N) is 1. The van der Waals surface area contributed by atoms with Crippen LogP contribution < -0.4 is 0 Å². The maximum atomic E-state index is 12.8. The first-order chi connectivity index (χ1) is 14.2. The normalized spacial score (nSPS) is 10.7. The molecule has 4 rings (SSSR count). The third-order valence-electron chi connectivity index (χ3n) is 4.40. The number of rotatable bonds is 5. The number of ether oxygens (including phenoxy) is 2. The summed E-state index contributed by atoms with van der Waals surface area (Å²) in [7, 11) is 1.27. The molecule has 2 aromatic heterocycles. The van der Waals surface area contributed by atoms with E-state index in [-0.39, 0.29) is 12.4 Å². The van der Waals surface area contributed by atoms with Gasteiger partial charge < -0.3 is 13.9 Å². The van der Waals surface area contributed by atoms with Crippen molar-refractivity contribution in [1.29, 1.82) is 0 Å². The molecule has 0 atom stereocenters. The molecule has 6 nitrogen and oxygen atoms in total. The Labute approximate surface area is 166 Å². The van der Waals surface area contributed by atoms with Gasteiger partial charge in [-0.05, 0) is 24.3 Å². The molecule has 2 heterocycles. The van der Waals surface area contributed by atoms with E-state index in [9.17, 15) is 9.59 Å². The molecule has 0 saturated heterocycles. The van der Waals surface area contributed by atoms with Gasteiger partial charge in [0.2, 0.25) is 5.76 Å². The Morgan fingerprint density at radius 1 is 0.931 bits per heavy atom. The minimum atomic E-state index is -0.588. The Kier molecular flexibility index (Phi) is 5.07. The zero-order chi connectivity index (χ0) is 20.2. The number of carbonyl (C=O) groups excluding carboxylic acids is 2. The minimum absolute atomic E-state index is 0.0549. The number of fused-ring (bicyclic) bond motifs is 1. The second-order valence-electron chi connectivity index (χ2n) is 6.27. The van der Waals surface area contributed by atoms with Gasteiger partial charge in [0.25, 0.3) is 0 Å². The molecule has 0 N–H and O–H groups in total. The van der Waals surface area contributed by atoms with Crippen LogP contribution in [0.5, 0.6) is 0 Å². The van der Waals surface area contributed by atoms with Crippen LogP contribution in [0.25, 0.3) is 22.2 Å². The summed E-state index contributed by atoms with van der Waals surface area (Å²) >= 11 is 0. The van der Waals surface area contributed by atoms with Gasteiger partial charge in [0.15, 0.2) is 0 Å². The smallest absolute Gasteiger partial charge is 0.373 e. The van der Waals surface area contributed by atoms with Gasteiger partial charge in [0, 0.05) is 10.9 Å². The SMILES string of the molecule is COC(=O)c1ccc(COC(=O)c2cc(-c3ccccc3)nc3ccccc23)o1. The number of hydrogen-bond acceptors (Lipinski definition) is 6. The van der Waals surface area contributed by atoms with Crippen molar-refractivity contribution < 1.29 is 23.5 Å². The summed E-state index contributed by atoms with van der Waals surface area (Å²) < 4.78 is 15.4. The largest absolute Gasteiger partial charge is 0.463 e. The molecule has 0 aliphatic heterocycles. The number of carbonyl (C=O) groups is 2. The zero-order valence-corrected chi connectivity index (χ0v) is 15.6. The molecule has 0 saturated carbocycles. The van der Waals surface area contributed by atoms with Crippen LogP contribution in [0.15, 0.2) is 77.2 Å². The molecule has 0 aliphatic rings. The third-order valence-corrected chi connectivity index (χ3v) is 4.40. The molecule has 4 aromatic rings. The monoisotopic (exact) mass is 387 g/mol. The summed E-state index contributed by atoms with van der Waals surface area (Å²) in [6.07, 6.45) is 0. The van der Waals surface area contributed by atoms with Crippen molar-refractivity contribution in [3.63, 3.8) is 0 Å². The van der Waals surface area contributed by atoms with Crippen LogP contribution in [-0.2, 0) is 16.1 Å². The summed E-state index contributed by atoms with van der Waals surface area (Å²) in [6, 6.07) is 21.8. The van der Waals surface area contributed by atoms with E-state index < -0.39 is 11.9 Å². The zero-order valence-electron chi connectivity index (χ0n) is 15.6. The summed E-state index contributed by atoms with van der Waals surface area (Å²) in [5, 5.41) is 0.701. The van der Waals surface area contributed by atoms with Crippen molar-refractivity contribution in [3.05, 3.63) is 89.9 Å². The molecule has 0 bridgehead atoms. The lowest BCUT2D eigenvalue weighted by atomic mass is 10.0. The van der Waals surface area contributed by atoms with E-state index in [1.165, 1.54) is 13.2 Å². The second-order valence-corrected chi connectivity index (χ2v) is 6.27. The van der Waals surface area contributed by atoms with Gasteiger partial charge >= 0.3 is 11.9 Å². The van der Waals surface area contributed by atoms with Crippen molar-refractivity contribution >= 4 is 22.8 Å². The van der Waals surface area contributed by atoms with Crippen LogP contribution in [0.4, 0.5) is 0 Å². The highest BCUT2D eigenvalue weighted by Crippen LogP contribution is 2.25. The van der Waals surface area contributed by atoms with Gasteiger partial charge in [-0.25, -0.2) is 14.6 Å². The topological polar surface area (TPSA) is 78.6 Å². The van der Waals surface area contributed by atoms with Crippen LogP contribution in [0.1, 0.15) is 26.7 Å². The molecule has 0 amide bonds. The molecule has 144 valence electrons. The van der Waals surface area contributed by atoms with Gasteiger partial charge in [-0.2, -0.15) is 0 Å². The van der Waals surface area contributed by atoms with Crippen LogP contribution in [-0.4, -0.2) is 24.0 Å². The van der Waals surface area contributed by atoms with Crippen molar-refractivity contribution in [1.82, 2.24) is 4.98 Å². The van der Waals surface area contributed by atoms with Gasteiger partial charge in [-0.1, -0.05) is 48.5 Å². The summed E-state index contributed by atoms with van der Waals surface area (Å²) in [6.45, 7) is -0.104. The van der Waals surface area contributed by atoms with E-state index in [4.69, 9.17) is 9.15 Å². The second kappa shape index (κ2) is 7.98. The van der Waals surface area contributed by atoms with Crippen molar-refractivity contribution in [2.24, 2.45) is 0 Å². The molecule has 0 aliphatic carbocycles. The van der Waals surface area contributed by atoms with Gasteiger partial charge in [0.1, 0.15) is 12.4 Å². The average molecular weight is 387 g/mol. The predicted octanol–water partition coefficient (Wildman–Crippen LogP) is 4.64. The third kappa shape index (κ3) is 3.87. The molecule has 0 spiro atoms. The lowest BCUT2D eigenvalue weighted by molar-refractivity contribution is 0.0440. The number of aromatic nitrogens is 1. The maximum Gasteiger partial charge on any atom is 0.373 e. The van der Waals surface area contributed by atoms with E-state index in [2.05, 4.69) is 9.72 Å². The number of hydrogen-bond donors (Lipinski definition) is 0. The van der Waals surface area contributed by atoms with Gasteiger partial charge in [-0.3, -0.25) is 0 Å². The lowest BCUT2D eigenvalue weighted by Gasteiger charge is -2.09.